The van der Waals surface area contributed by atoms with Gasteiger partial charge in [-0.2, -0.15) is 0 Å². The highest BCUT2D eigenvalue weighted by molar-refractivity contribution is 7.80. The minimum Gasteiger partial charge on any atom is -0.497 e. The molecule has 0 radical (unpaired) electrons. The Morgan fingerprint density at radius 2 is 1.67 bits per heavy atom. The Kier molecular flexibility index (Phi) is 5.79. The van der Waals surface area contributed by atoms with Crippen LogP contribution in [0.15, 0.2) is 85.1 Å². The summed E-state index contributed by atoms with van der Waals surface area (Å²) in [5.41, 5.74) is 5.20. The zero-order valence-corrected chi connectivity index (χ0v) is 19.8. The second-order valence-corrected chi connectivity index (χ2v) is 8.73. The number of ether oxygens (including phenoxy) is 1. The fourth-order valence-corrected chi connectivity index (χ4v) is 4.88. The molecule has 1 aliphatic rings. The molecule has 1 aliphatic heterocycles. The van der Waals surface area contributed by atoms with Gasteiger partial charge in [0.1, 0.15) is 11.8 Å². The van der Waals surface area contributed by atoms with Gasteiger partial charge in [-0.3, -0.25) is 4.98 Å². The maximum absolute atomic E-state index is 6.17. The second-order valence-electron chi connectivity index (χ2n) is 7.91. The van der Waals surface area contributed by atoms with Gasteiger partial charge in [-0.1, -0.05) is 17.7 Å². The highest BCUT2D eigenvalue weighted by Crippen LogP contribution is 2.43. The SMILES string of the molecule is COc1ccc(-n2c(C)ccc2[C@H]2[C@H](c3ccccn3)NC(=S)N2c2ccc(Cl)cc2)cc1. The van der Waals surface area contributed by atoms with E-state index in [1.165, 1.54) is 0 Å². The number of halogens is 1. The molecule has 0 saturated carbocycles. The Bertz CT molecular complexity index is 1270. The van der Waals surface area contributed by atoms with Gasteiger partial charge in [-0.05, 0) is 91.9 Å². The van der Waals surface area contributed by atoms with Crippen LogP contribution >= 0.6 is 23.8 Å². The molecule has 0 aliphatic carbocycles. The molecule has 1 N–H and O–H groups in total. The lowest BCUT2D eigenvalue weighted by Crippen LogP contribution is -2.30. The Morgan fingerprint density at radius 3 is 2.33 bits per heavy atom. The summed E-state index contributed by atoms with van der Waals surface area (Å²) in [5.74, 6) is 0.822. The zero-order chi connectivity index (χ0) is 22.9. The van der Waals surface area contributed by atoms with Gasteiger partial charge in [0.2, 0.25) is 0 Å². The van der Waals surface area contributed by atoms with Crippen molar-refractivity contribution < 1.29 is 4.74 Å². The van der Waals surface area contributed by atoms with Crippen LogP contribution in [0, 0.1) is 6.92 Å². The van der Waals surface area contributed by atoms with Crippen LogP contribution in [-0.2, 0) is 0 Å². The van der Waals surface area contributed by atoms with Gasteiger partial charge < -0.3 is 19.5 Å². The van der Waals surface area contributed by atoms with Crippen molar-refractivity contribution in [1.29, 1.82) is 0 Å². The number of benzene rings is 2. The van der Waals surface area contributed by atoms with E-state index in [0.717, 1.165) is 34.2 Å². The summed E-state index contributed by atoms with van der Waals surface area (Å²) in [6.07, 6.45) is 1.82. The molecule has 2 atom stereocenters. The molecule has 2 aromatic heterocycles. The van der Waals surface area contributed by atoms with Crippen molar-refractivity contribution >= 4 is 34.6 Å². The number of methoxy groups -OCH3 is 1. The number of hydrogen-bond acceptors (Lipinski definition) is 3. The minimum absolute atomic E-state index is 0.121. The van der Waals surface area contributed by atoms with E-state index < -0.39 is 0 Å². The van der Waals surface area contributed by atoms with Crippen LogP contribution in [0.4, 0.5) is 5.69 Å². The number of anilines is 1. The van der Waals surface area contributed by atoms with E-state index in [1.54, 1.807) is 7.11 Å². The van der Waals surface area contributed by atoms with E-state index in [0.29, 0.717) is 10.1 Å². The summed E-state index contributed by atoms with van der Waals surface area (Å²) in [6.45, 7) is 2.11. The second kappa shape index (κ2) is 8.89. The van der Waals surface area contributed by atoms with Crippen molar-refractivity contribution in [2.24, 2.45) is 0 Å². The third-order valence-electron chi connectivity index (χ3n) is 5.94. The lowest BCUT2D eigenvalue weighted by atomic mass is 10.0. The number of pyridine rings is 1. The predicted molar refractivity (Wildman–Crippen MR) is 136 cm³/mol. The fourth-order valence-electron chi connectivity index (χ4n) is 4.41. The molecule has 166 valence electrons. The van der Waals surface area contributed by atoms with Crippen molar-refractivity contribution in [3.63, 3.8) is 0 Å². The molecule has 3 heterocycles. The minimum atomic E-state index is -0.124. The van der Waals surface area contributed by atoms with Crippen LogP contribution in [0.3, 0.4) is 0 Å². The first kappa shape index (κ1) is 21.5. The third kappa shape index (κ3) is 3.96. The first-order valence-electron chi connectivity index (χ1n) is 10.7. The molecule has 0 unspecified atom stereocenters. The third-order valence-corrected chi connectivity index (χ3v) is 6.51. The lowest BCUT2D eigenvalue weighted by Gasteiger charge is -2.29. The summed E-state index contributed by atoms with van der Waals surface area (Å²) >= 11 is 12.0. The first-order valence-corrected chi connectivity index (χ1v) is 11.4. The molecule has 0 spiro atoms. The Labute approximate surface area is 203 Å². The Hall–Kier alpha value is -3.35. The van der Waals surface area contributed by atoms with Crippen molar-refractivity contribution in [2.75, 3.05) is 12.0 Å². The van der Waals surface area contributed by atoms with Crippen molar-refractivity contribution in [3.8, 4) is 11.4 Å². The predicted octanol–water partition coefficient (Wildman–Crippen LogP) is 6.02. The summed E-state index contributed by atoms with van der Waals surface area (Å²) in [6, 6.07) is 25.9. The van der Waals surface area contributed by atoms with Gasteiger partial charge in [0.25, 0.3) is 0 Å². The quantitative estimate of drug-likeness (QED) is 0.358. The molecule has 2 aromatic carbocycles. The largest absolute Gasteiger partial charge is 0.497 e. The number of rotatable bonds is 5. The number of aryl methyl sites for hydroxylation is 1. The Morgan fingerprint density at radius 1 is 0.939 bits per heavy atom. The standard InChI is InChI=1S/C26H23ClN4OS/c1-17-6-15-23(30(17)19-11-13-21(32-2)14-12-19)25-24(22-5-3-4-16-28-22)29-26(33)31(25)20-9-7-18(27)8-10-20/h3-16,24-25H,1-2H3,(H,29,33)/t24-,25-/m0/s1. The van der Waals surface area contributed by atoms with Crippen molar-refractivity contribution in [1.82, 2.24) is 14.9 Å². The highest BCUT2D eigenvalue weighted by Gasteiger charge is 2.42. The van der Waals surface area contributed by atoms with E-state index in [2.05, 4.69) is 51.0 Å². The maximum atomic E-state index is 6.17. The van der Waals surface area contributed by atoms with Crippen LogP contribution < -0.4 is 15.0 Å². The van der Waals surface area contributed by atoms with E-state index in [9.17, 15) is 0 Å². The average Bonchev–Trinajstić information content (AvgIpc) is 3.39. The smallest absolute Gasteiger partial charge is 0.174 e. The lowest BCUT2D eigenvalue weighted by molar-refractivity contribution is 0.414. The average molecular weight is 475 g/mol. The molecule has 7 heteroatoms. The first-order chi connectivity index (χ1) is 16.1. The summed E-state index contributed by atoms with van der Waals surface area (Å²) < 4.78 is 7.62. The Balaban J connectivity index is 1.67. The zero-order valence-electron chi connectivity index (χ0n) is 18.3. The molecule has 5 rings (SSSR count). The van der Waals surface area contributed by atoms with Crippen LogP contribution in [0.2, 0.25) is 5.02 Å². The van der Waals surface area contributed by atoms with Gasteiger partial charge in [0.15, 0.2) is 5.11 Å². The number of hydrogen-bond donors (Lipinski definition) is 1. The molecule has 5 nitrogen and oxygen atoms in total. The van der Waals surface area contributed by atoms with Crippen LogP contribution in [0.25, 0.3) is 5.69 Å². The van der Waals surface area contributed by atoms with Crippen LogP contribution in [0.1, 0.15) is 29.2 Å². The van der Waals surface area contributed by atoms with E-state index in [-0.39, 0.29) is 12.1 Å². The summed E-state index contributed by atoms with van der Waals surface area (Å²) in [5, 5.41) is 4.85. The summed E-state index contributed by atoms with van der Waals surface area (Å²) in [4.78, 5) is 6.80. The van der Waals surface area contributed by atoms with Crippen molar-refractivity contribution in [3.05, 3.63) is 107 Å². The van der Waals surface area contributed by atoms with Gasteiger partial charge >= 0.3 is 0 Å². The molecular weight excluding hydrogens is 452 g/mol. The topological polar surface area (TPSA) is 42.3 Å². The van der Waals surface area contributed by atoms with Crippen LogP contribution in [0.5, 0.6) is 5.75 Å². The maximum Gasteiger partial charge on any atom is 0.174 e. The van der Waals surface area contributed by atoms with Gasteiger partial charge in [0.05, 0.1) is 18.8 Å². The molecule has 0 bridgehead atoms. The van der Waals surface area contributed by atoms with Crippen LogP contribution in [-0.4, -0.2) is 21.8 Å². The number of aromatic nitrogens is 2. The van der Waals surface area contributed by atoms with Gasteiger partial charge in [-0.15, -0.1) is 0 Å². The molecular formula is C26H23ClN4OS. The van der Waals surface area contributed by atoms with E-state index in [4.69, 9.17) is 28.6 Å². The molecule has 0 amide bonds. The fraction of sp³-hybridized carbons (Fsp3) is 0.154. The number of thiocarbonyl (C=S) groups is 1. The molecule has 33 heavy (non-hydrogen) atoms. The summed E-state index contributed by atoms with van der Waals surface area (Å²) in [7, 11) is 1.67. The molecule has 1 saturated heterocycles. The number of nitrogens with zero attached hydrogens (tertiary/aromatic N) is 3. The van der Waals surface area contributed by atoms with Gasteiger partial charge in [-0.25, -0.2) is 0 Å². The highest BCUT2D eigenvalue weighted by atomic mass is 35.5. The monoisotopic (exact) mass is 474 g/mol. The molecule has 4 aromatic rings. The van der Waals surface area contributed by atoms with Crippen molar-refractivity contribution in [2.45, 2.75) is 19.0 Å². The number of nitrogens with one attached hydrogen (secondary N) is 1. The van der Waals surface area contributed by atoms with Gasteiger partial charge in [0, 0.05) is 34.0 Å². The van der Waals surface area contributed by atoms with E-state index >= 15 is 0 Å². The normalized spacial score (nSPS) is 17.8. The molecule has 1 fully saturated rings. The van der Waals surface area contributed by atoms with E-state index in [1.807, 2.05) is 60.8 Å².